The average Bonchev–Trinajstić information content (AvgIpc) is 2.34. The number of rotatable bonds is 1. The van der Waals surface area contributed by atoms with Crippen LogP contribution in [-0.2, 0) is 10.1 Å². The van der Waals surface area contributed by atoms with Gasteiger partial charge in [0.15, 0.2) is 0 Å². The molecule has 19 heavy (non-hydrogen) atoms. The molecule has 0 radical (unpaired) electrons. The Morgan fingerprint density at radius 3 is 2.47 bits per heavy atom. The predicted molar refractivity (Wildman–Crippen MR) is 71.2 cm³/mol. The maximum atomic E-state index is 11.1. The number of hydrogen-bond donors (Lipinski definition) is 2. The van der Waals surface area contributed by atoms with Crippen molar-refractivity contribution in [1.29, 1.82) is 0 Å². The van der Waals surface area contributed by atoms with E-state index >= 15 is 0 Å². The first kappa shape index (κ1) is 14.9. The van der Waals surface area contributed by atoms with Gasteiger partial charge in [0.2, 0.25) is 0 Å². The summed E-state index contributed by atoms with van der Waals surface area (Å²) >= 11 is 1.56. The quantitative estimate of drug-likeness (QED) is 0.498. The zero-order chi connectivity index (χ0) is 12.8. The van der Waals surface area contributed by atoms with Crippen molar-refractivity contribution in [2.45, 2.75) is 14.7 Å². The van der Waals surface area contributed by atoms with Crippen molar-refractivity contribution in [3.05, 3.63) is 42.5 Å². The minimum atomic E-state index is -4.16. The van der Waals surface area contributed by atoms with E-state index in [9.17, 15) is 8.42 Å². The van der Waals surface area contributed by atoms with Gasteiger partial charge in [-0.25, -0.2) is 0 Å². The summed E-state index contributed by atoms with van der Waals surface area (Å²) < 4.78 is 31.2. The number of para-hydroxylation sites is 1. The zero-order valence-corrected chi connectivity index (χ0v) is 13.8. The van der Waals surface area contributed by atoms with Crippen molar-refractivity contribution >= 4 is 33.3 Å². The SMILES string of the molecule is O=S(=O)(O)c1ccc2c(c1)Nc1ccccc1S2.[H-].[Na+]. The molecule has 1 aliphatic heterocycles. The van der Waals surface area contributed by atoms with Crippen LogP contribution in [0.3, 0.4) is 0 Å². The summed E-state index contributed by atoms with van der Waals surface area (Å²) in [6.45, 7) is 0. The van der Waals surface area contributed by atoms with Gasteiger partial charge < -0.3 is 6.74 Å². The predicted octanol–water partition coefficient (Wildman–Crippen LogP) is 0.258. The van der Waals surface area contributed by atoms with Crippen molar-refractivity contribution in [3.8, 4) is 0 Å². The Kier molecular flexibility index (Phi) is 4.29. The topological polar surface area (TPSA) is 66.4 Å². The van der Waals surface area contributed by atoms with Gasteiger partial charge in [-0.2, -0.15) is 8.42 Å². The molecular weight excluding hydrogens is 293 g/mol. The fourth-order valence-electron chi connectivity index (χ4n) is 1.78. The Labute approximate surface area is 139 Å². The van der Waals surface area contributed by atoms with Gasteiger partial charge in [0, 0.05) is 9.79 Å². The number of fused-ring (bicyclic) bond motifs is 2. The minimum absolute atomic E-state index is 0. The summed E-state index contributed by atoms with van der Waals surface area (Å²) in [5, 5.41) is 3.16. The summed E-state index contributed by atoms with van der Waals surface area (Å²) in [7, 11) is -4.16. The standard InChI is InChI=1S/C12H9NO3S2.Na.H/c14-18(15,16)8-5-6-12-10(7-8)13-9-3-1-2-4-11(9)17-12;;/h1-7,13H,(H,14,15,16);;/q;+1;-1. The Morgan fingerprint density at radius 2 is 1.74 bits per heavy atom. The number of anilines is 2. The molecule has 0 saturated heterocycles. The Morgan fingerprint density at radius 1 is 1.05 bits per heavy atom. The molecule has 3 rings (SSSR count). The maximum Gasteiger partial charge on any atom is 1.00 e. The average molecular weight is 303 g/mol. The molecule has 2 aromatic rings. The van der Waals surface area contributed by atoms with E-state index in [0.717, 1.165) is 15.5 Å². The second-order valence-electron chi connectivity index (χ2n) is 3.86. The Bertz CT molecular complexity index is 737. The summed E-state index contributed by atoms with van der Waals surface area (Å²) in [5.74, 6) is 0. The summed E-state index contributed by atoms with van der Waals surface area (Å²) in [5.41, 5.74) is 1.62. The smallest absolute Gasteiger partial charge is 1.00 e. The number of benzene rings is 2. The molecule has 2 aromatic carbocycles. The van der Waals surface area contributed by atoms with Gasteiger partial charge in [-0.15, -0.1) is 0 Å². The zero-order valence-electron chi connectivity index (χ0n) is 11.1. The van der Waals surface area contributed by atoms with Gasteiger partial charge >= 0.3 is 29.6 Å². The van der Waals surface area contributed by atoms with E-state index in [-0.39, 0.29) is 35.9 Å². The fraction of sp³-hybridized carbons (Fsp3) is 0. The molecule has 0 aromatic heterocycles. The molecule has 0 saturated carbocycles. The van der Waals surface area contributed by atoms with Crippen LogP contribution >= 0.6 is 11.8 Å². The van der Waals surface area contributed by atoms with Crippen LogP contribution in [0.5, 0.6) is 0 Å². The summed E-state index contributed by atoms with van der Waals surface area (Å²) in [6.07, 6.45) is 0. The van der Waals surface area contributed by atoms with Gasteiger partial charge in [-0.3, -0.25) is 4.55 Å². The largest absolute Gasteiger partial charge is 1.00 e. The summed E-state index contributed by atoms with van der Waals surface area (Å²) in [4.78, 5) is 1.92. The third kappa shape index (κ3) is 2.99. The fourth-order valence-corrected chi connectivity index (χ4v) is 3.25. The molecule has 4 nitrogen and oxygen atoms in total. The normalized spacial score (nSPS) is 12.7. The first-order chi connectivity index (χ1) is 8.54. The molecule has 7 heteroatoms. The van der Waals surface area contributed by atoms with Crippen LogP contribution in [0.2, 0.25) is 0 Å². The number of nitrogens with one attached hydrogen (secondary N) is 1. The van der Waals surface area contributed by atoms with Crippen molar-refractivity contribution < 1.29 is 44.0 Å². The van der Waals surface area contributed by atoms with E-state index in [1.54, 1.807) is 17.8 Å². The monoisotopic (exact) mass is 303 g/mol. The third-order valence-electron chi connectivity index (χ3n) is 2.63. The van der Waals surface area contributed by atoms with Crippen LogP contribution in [0.25, 0.3) is 0 Å². The van der Waals surface area contributed by atoms with Crippen LogP contribution in [0.4, 0.5) is 11.4 Å². The molecule has 1 heterocycles. The van der Waals surface area contributed by atoms with Crippen molar-refractivity contribution in [2.24, 2.45) is 0 Å². The van der Waals surface area contributed by atoms with Crippen LogP contribution in [-0.4, -0.2) is 13.0 Å². The summed E-state index contributed by atoms with van der Waals surface area (Å²) in [6, 6.07) is 12.3. The molecule has 0 bridgehead atoms. The molecule has 0 amide bonds. The molecule has 0 fully saturated rings. The first-order valence-electron chi connectivity index (χ1n) is 5.19. The maximum absolute atomic E-state index is 11.1. The second kappa shape index (κ2) is 5.47. The van der Waals surface area contributed by atoms with Crippen molar-refractivity contribution in [1.82, 2.24) is 0 Å². The van der Waals surface area contributed by atoms with E-state index in [0.29, 0.717) is 5.69 Å². The second-order valence-corrected chi connectivity index (χ2v) is 6.36. The molecule has 0 unspecified atom stereocenters. The third-order valence-corrected chi connectivity index (χ3v) is 4.63. The van der Waals surface area contributed by atoms with Gasteiger partial charge in [-0.05, 0) is 30.3 Å². The molecule has 1 aliphatic rings. The van der Waals surface area contributed by atoms with Crippen molar-refractivity contribution in [2.75, 3.05) is 5.32 Å². The van der Waals surface area contributed by atoms with E-state index in [2.05, 4.69) is 5.32 Å². The van der Waals surface area contributed by atoms with E-state index in [4.69, 9.17) is 4.55 Å². The van der Waals surface area contributed by atoms with Gasteiger partial charge in [0.1, 0.15) is 0 Å². The van der Waals surface area contributed by atoms with E-state index in [1.807, 2.05) is 24.3 Å². The van der Waals surface area contributed by atoms with Gasteiger partial charge in [-0.1, -0.05) is 23.9 Å². The van der Waals surface area contributed by atoms with E-state index < -0.39 is 10.1 Å². The first-order valence-corrected chi connectivity index (χ1v) is 7.45. The van der Waals surface area contributed by atoms with Crippen molar-refractivity contribution in [3.63, 3.8) is 0 Å². The molecule has 0 spiro atoms. The minimum Gasteiger partial charge on any atom is -1.00 e. The van der Waals surface area contributed by atoms with Crippen LogP contribution in [0.1, 0.15) is 1.43 Å². The van der Waals surface area contributed by atoms with Gasteiger partial charge in [0.05, 0.1) is 16.3 Å². The number of hydrogen-bond acceptors (Lipinski definition) is 4. The Balaban J connectivity index is 0.000001000. The Hall–Kier alpha value is -0.500. The van der Waals surface area contributed by atoms with Crippen LogP contribution in [0, 0.1) is 0 Å². The molecule has 0 aliphatic carbocycles. The van der Waals surface area contributed by atoms with E-state index in [1.165, 1.54) is 12.1 Å². The molecule has 2 N–H and O–H groups in total. The molecule has 0 atom stereocenters. The molecular formula is C12H10NNaO3S2. The van der Waals surface area contributed by atoms with Crippen LogP contribution < -0.4 is 34.9 Å². The molecule has 94 valence electrons. The van der Waals surface area contributed by atoms with Crippen LogP contribution in [0.15, 0.2) is 57.2 Å². The van der Waals surface area contributed by atoms with Gasteiger partial charge in [0.25, 0.3) is 10.1 Å².